The zero-order valence-corrected chi connectivity index (χ0v) is 15.7. The molecule has 1 unspecified atom stereocenters. The number of amides is 1. The first-order valence-electron chi connectivity index (χ1n) is 9.13. The maximum atomic E-state index is 12.8. The second-order valence-electron chi connectivity index (χ2n) is 7.60. The van der Waals surface area contributed by atoms with Gasteiger partial charge in [-0.05, 0) is 52.9 Å². The first-order valence-corrected chi connectivity index (χ1v) is 9.13. The summed E-state index contributed by atoms with van der Waals surface area (Å²) in [6.45, 7) is 8.02. The van der Waals surface area contributed by atoms with Crippen LogP contribution in [0.25, 0.3) is 11.0 Å². The molecule has 2 aromatic rings. The Labute approximate surface area is 150 Å². The molecule has 1 aromatic carbocycles. The molecule has 0 radical (unpaired) electrons. The third-order valence-electron chi connectivity index (χ3n) is 4.98. The maximum absolute atomic E-state index is 12.8. The highest BCUT2D eigenvalue weighted by atomic mass is 16.3. The summed E-state index contributed by atoms with van der Waals surface area (Å²) in [6.07, 6.45) is 1.14. The molecule has 1 aliphatic rings. The number of furan rings is 1. The lowest BCUT2D eigenvalue weighted by Crippen LogP contribution is -2.33. The van der Waals surface area contributed by atoms with Gasteiger partial charge in [-0.25, -0.2) is 0 Å². The predicted octanol–water partition coefficient (Wildman–Crippen LogP) is 2.95. The monoisotopic (exact) mass is 343 g/mol. The van der Waals surface area contributed by atoms with Crippen LogP contribution in [-0.2, 0) is 6.54 Å². The van der Waals surface area contributed by atoms with E-state index >= 15 is 0 Å². The molecule has 2 heterocycles. The second-order valence-corrected chi connectivity index (χ2v) is 7.60. The number of likely N-dealkylation sites (tertiary alicyclic amines) is 1. The van der Waals surface area contributed by atoms with Crippen molar-refractivity contribution >= 4 is 16.9 Å². The molecule has 1 amide bonds. The average molecular weight is 343 g/mol. The van der Waals surface area contributed by atoms with Crippen LogP contribution >= 0.6 is 0 Å². The Morgan fingerprint density at radius 1 is 1.36 bits per heavy atom. The summed E-state index contributed by atoms with van der Waals surface area (Å²) in [7, 11) is 4.00. The first kappa shape index (κ1) is 18.0. The minimum Gasteiger partial charge on any atom is -0.451 e. The van der Waals surface area contributed by atoms with Crippen LogP contribution in [0.5, 0.6) is 0 Å². The molecule has 0 spiro atoms. The molecule has 1 aromatic heterocycles. The quantitative estimate of drug-likeness (QED) is 0.876. The number of benzene rings is 1. The third-order valence-corrected chi connectivity index (χ3v) is 4.98. The molecule has 1 atom stereocenters. The van der Waals surface area contributed by atoms with Gasteiger partial charge in [0.2, 0.25) is 0 Å². The number of carbonyl (C=O) groups excluding carboxylic acids is 1. The lowest BCUT2D eigenvalue weighted by Gasteiger charge is -2.20. The van der Waals surface area contributed by atoms with Crippen LogP contribution in [-0.4, -0.2) is 55.5 Å². The number of carbonyl (C=O) groups is 1. The van der Waals surface area contributed by atoms with Crippen molar-refractivity contribution in [2.24, 2.45) is 5.92 Å². The molecule has 25 heavy (non-hydrogen) atoms. The smallest absolute Gasteiger partial charge is 0.287 e. The number of nitrogens with one attached hydrogen (secondary N) is 1. The summed E-state index contributed by atoms with van der Waals surface area (Å²) < 4.78 is 5.89. The second kappa shape index (κ2) is 7.58. The van der Waals surface area contributed by atoms with Crippen molar-refractivity contribution in [3.05, 3.63) is 35.6 Å². The number of rotatable bonds is 6. The molecule has 1 saturated heterocycles. The van der Waals surface area contributed by atoms with Gasteiger partial charge < -0.3 is 19.5 Å². The summed E-state index contributed by atoms with van der Waals surface area (Å²) >= 11 is 0. The fraction of sp³-hybridized carbons (Fsp3) is 0.550. The number of fused-ring (bicyclic) bond motifs is 1. The third kappa shape index (κ3) is 4.05. The molecule has 1 N–H and O–H groups in total. The van der Waals surface area contributed by atoms with Crippen molar-refractivity contribution < 1.29 is 9.21 Å². The molecule has 5 nitrogen and oxygen atoms in total. The van der Waals surface area contributed by atoms with Crippen LogP contribution in [0, 0.1) is 5.92 Å². The van der Waals surface area contributed by atoms with Gasteiger partial charge >= 0.3 is 0 Å². The zero-order chi connectivity index (χ0) is 18.0. The maximum Gasteiger partial charge on any atom is 0.287 e. The van der Waals surface area contributed by atoms with Gasteiger partial charge in [-0.2, -0.15) is 0 Å². The van der Waals surface area contributed by atoms with E-state index in [0.29, 0.717) is 30.8 Å². The van der Waals surface area contributed by atoms with Crippen LogP contribution in [0.2, 0.25) is 0 Å². The Morgan fingerprint density at radius 3 is 2.80 bits per heavy atom. The number of hydrogen-bond donors (Lipinski definition) is 1. The summed E-state index contributed by atoms with van der Waals surface area (Å²) in [4.78, 5) is 17.3. The normalized spacial score (nSPS) is 18.6. The highest BCUT2D eigenvalue weighted by Crippen LogP contribution is 2.27. The first-order chi connectivity index (χ1) is 12.0. The van der Waals surface area contributed by atoms with Gasteiger partial charge in [-0.3, -0.25) is 4.79 Å². The van der Waals surface area contributed by atoms with E-state index in [1.54, 1.807) is 0 Å². The molecule has 3 rings (SSSR count). The van der Waals surface area contributed by atoms with Crippen molar-refractivity contribution in [3.8, 4) is 0 Å². The van der Waals surface area contributed by atoms with Crippen molar-refractivity contribution in [1.29, 1.82) is 0 Å². The van der Waals surface area contributed by atoms with E-state index in [2.05, 4.69) is 29.0 Å². The van der Waals surface area contributed by atoms with Crippen LogP contribution in [0.3, 0.4) is 0 Å². The van der Waals surface area contributed by atoms with Crippen molar-refractivity contribution in [2.45, 2.75) is 32.9 Å². The van der Waals surface area contributed by atoms with Gasteiger partial charge in [0.25, 0.3) is 5.91 Å². The molecule has 1 aliphatic heterocycles. The molecule has 0 saturated carbocycles. The molecule has 0 aliphatic carbocycles. The minimum atomic E-state index is -0.101. The van der Waals surface area contributed by atoms with Crippen LogP contribution in [0.15, 0.2) is 28.7 Å². The fourth-order valence-electron chi connectivity index (χ4n) is 3.57. The van der Waals surface area contributed by atoms with Crippen LogP contribution < -0.4 is 5.32 Å². The van der Waals surface area contributed by atoms with Crippen LogP contribution in [0.1, 0.15) is 36.4 Å². The Balaban J connectivity index is 1.71. The number of para-hydroxylation sites is 1. The average Bonchev–Trinajstić information content (AvgIpc) is 3.18. The van der Waals surface area contributed by atoms with E-state index in [9.17, 15) is 4.79 Å². The molecule has 5 heteroatoms. The SMILES string of the molecule is CC(C)N1CCC(CNC(=O)c2oc3ccccc3c2CN(C)C)C1. The topological polar surface area (TPSA) is 48.7 Å². The van der Waals surface area contributed by atoms with E-state index in [4.69, 9.17) is 4.42 Å². The molecular formula is C20H29N3O2. The van der Waals surface area contributed by atoms with E-state index in [-0.39, 0.29) is 5.91 Å². The van der Waals surface area contributed by atoms with Gasteiger partial charge in [0.05, 0.1) is 0 Å². The number of nitrogens with zero attached hydrogens (tertiary/aromatic N) is 2. The van der Waals surface area contributed by atoms with Crippen molar-refractivity contribution in [2.75, 3.05) is 33.7 Å². The van der Waals surface area contributed by atoms with E-state index in [1.165, 1.54) is 0 Å². The summed E-state index contributed by atoms with van der Waals surface area (Å²) in [6, 6.07) is 8.43. The minimum absolute atomic E-state index is 0.101. The highest BCUT2D eigenvalue weighted by Gasteiger charge is 2.26. The number of hydrogen-bond acceptors (Lipinski definition) is 4. The van der Waals surface area contributed by atoms with E-state index in [0.717, 1.165) is 36.0 Å². The molecule has 1 fully saturated rings. The van der Waals surface area contributed by atoms with Crippen LogP contribution in [0.4, 0.5) is 0 Å². The van der Waals surface area contributed by atoms with Gasteiger partial charge in [0.1, 0.15) is 5.58 Å². The molecule has 0 bridgehead atoms. The van der Waals surface area contributed by atoms with E-state index < -0.39 is 0 Å². The Morgan fingerprint density at radius 2 is 2.12 bits per heavy atom. The molecular weight excluding hydrogens is 314 g/mol. The van der Waals surface area contributed by atoms with E-state index in [1.807, 2.05) is 38.4 Å². The zero-order valence-electron chi connectivity index (χ0n) is 15.7. The van der Waals surface area contributed by atoms with Gasteiger partial charge in [0, 0.05) is 36.6 Å². The van der Waals surface area contributed by atoms with Gasteiger partial charge in [-0.1, -0.05) is 18.2 Å². The largest absolute Gasteiger partial charge is 0.451 e. The van der Waals surface area contributed by atoms with Crippen molar-refractivity contribution in [1.82, 2.24) is 15.1 Å². The van der Waals surface area contributed by atoms with Crippen molar-refractivity contribution in [3.63, 3.8) is 0 Å². The Hall–Kier alpha value is -1.85. The summed E-state index contributed by atoms with van der Waals surface area (Å²) in [5, 5.41) is 4.12. The summed E-state index contributed by atoms with van der Waals surface area (Å²) in [5.74, 6) is 0.873. The Bertz CT molecular complexity index is 736. The van der Waals surface area contributed by atoms with Gasteiger partial charge in [0.15, 0.2) is 5.76 Å². The Kier molecular flexibility index (Phi) is 5.45. The predicted molar refractivity (Wildman–Crippen MR) is 101 cm³/mol. The summed E-state index contributed by atoms with van der Waals surface area (Å²) in [5.41, 5.74) is 1.74. The standard InChI is InChI=1S/C20H29N3O2/c1-14(2)23-10-9-15(12-23)11-21-20(24)19-17(13-22(3)4)16-7-5-6-8-18(16)25-19/h5-8,14-15H,9-13H2,1-4H3,(H,21,24). The lowest BCUT2D eigenvalue weighted by molar-refractivity contribution is 0.0919. The fourth-order valence-corrected chi connectivity index (χ4v) is 3.57. The van der Waals surface area contributed by atoms with Gasteiger partial charge in [-0.15, -0.1) is 0 Å². The lowest BCUT2D eigenvalue weighted by atomic mass is 10.1. The highest BCUT2D eigenvalue weighted by molar-refractivity contribution is 5.99. The molecule has 136 valence electrons.